The number of nitrogens with two attached hydrogens (primary N) is 1. The molecule has 0 spiro atoms. The van der Waals surface area contributed by atoms with E-state index in [0.29, 0.717) is 5.69 Å². The van der Waals surface area contributed by atoms with Gasteiger partial charge in [0.15, 0.2) is 0 Å². The number of hydrogen-bond acceptors (Lipinski definition) is 3. The molecule has 0 bridgehead atoms. The topological polar surface area (TPSA) is 38.9 Å². The minimum Gasteiger partial charge on any atom is -0.396 e. The van der Waals surface area contributed by atoms with Gasteiger partial charge in [0.05, 0.1) is 14.9 Å². The van der Waals surface area contributed by atoms with Crippen LogP contribution in [0.2, 0.25) is 0 Å². The second-order valence-electron chi connectivity index (χ2n) is 2.49. The van der Waals surface area contributed by atoms with Crippen molar-refractivity contribution in [3.8, 4) is 12.3 Å². The number of thiophene rings is 1. The molecule has 13 heavy (non-hydrogen) atoms. The molecule has 0 aliphatic rings. The lowest BCUT2D eigenvalue weighted by atomic mass is 10.3. The highest BCUT2D eigenvalue weighted by Gasteiger charge is 2.09. The molecule has 0 unspecified atom stereocenters. The molecular weight excluding hydrogens is 248 g/mol. The third kappa shape index (κ3) is 1.21. The highest BCUT2D eigenvalue weighted by molar-refractivity contribution is 9.10. The molecule has 4 heteroatoms. The highest BCUT2D eigenvalue weighted by Crippen LogP contribution is 2.36. The van der Waals surface area contributed by atoms with Crippen molar-refractivity contribution < 1.29 is 0 Å². The van der Waals surface area contributed by atoms with Crippen LogP contribution in [0.25, 0.3) is 10.1 Å². The van der Waals surface area contributed by atoms with Crippen LogP contribution in [0.3, 0.4) is 0 Å². The van der Waals surface area contributed by atoms with Crippen molar-refractivity contribution in [1.29, 1.82) is 0 Å². The van der Waals surface area contributed by atoms with E-state index in [0.717, 1.165) is 19.4 Å². The number of halogens is 1. The fourth-order valence-corrected chi connectivity index (χ4v) is 2.59. The van der Waals surface area contributed by atoms with E-state index in [1.807, 2.05) is 0 Å². The second kappa shape index (κ2) is 3.02. The summed E-state index contributed by atoms with van der Waals surface area (Å²) in [5.74, 6) is 2.56. The maximum atomic E-state index is 5.83. The molecule has 2 N–H and O–H groups in total. The Hall–Kier alpha value is -1.05. The maximum absolute atomic E-state index is 5.83. The van der Waals surface area contributed by atoms with Crippen LogP contribution in [0.1, 0.15) is 4.88 Å². The fourth-order valence-electron chi connectivity index (χ4n) is 1.11. The van der Waals surface area contributed by atoms with Gasteiger partial charge in [-0.25, -0.2) is 0 Å². The fraction of sp³-hybridized carbons (Fsp3) is 0. The van der Waals surface area contributed by atoms with Gasteiger partial charge in [0.1, 0.15) is 4.88 Å². The average molecular weight is 253 g/mol. The smallest absolute Gasteiger partial charge is 0.101 e. The summed E-state index contributed by atoms with van der Waals surface area (Å²) in [6.07, 6.45) is 8.77. The van der Waals surface area contributed by atoms with Gasteiger partial charge < -0.3 is 5.73 Å². The molecular formula is C9H5BrN2S. The third-order valence-electron chi connectivity index (χ3n) is 1.72. The number of hydrogen-bond donors (Lipinski definition) is 1. The molecule has 2 rings (SSSR count). The van der Waals surface area contributed by atoms with Crippen LogP contribution in [-0.4, -0.2) is 4.98 Å². The molecule has 2 aromatic heterocycles. The Bertz CT molecular complexity index is 510. The number of anilines is 1. The minimum absolute atomic E-state index is 0.649. The van der Waals surface area contributed by atoms with E-state index in [9.17, 15) is 0 Å². The Morgan fingerprint density at radius 2 is 2.31 bits per heavy atom. The summed E-state index contributed by atoms with van der Waals surface area (Å²) in [6, 6.07) is 0. The van der Waals surface area contributed by atoms with Crippen molar-refractivity contribution in [1.82, 2.24) is 4.98 Å². The Labute approximate surface area is 87.9 Å². The van der Waals surface area contributed by atoms with Crippen LogP contribution >= 0.6 is 27.3 Å². The number of aromatic nitrogens is 1. The summed E-state index contributed by atoms with van der Waals surface area (Å²) in [4.78, 5) is 4.80. The van der Waals surface area contributed by atoms with E-state index in [4.69, 9.17) is 12.2 Å². The number of nitrogen functional groups attached to an aromatic ring is 1. The van der Waals surface area contributed by atoms with Gasteiger partial charge in [-0.1, -0.05) is 5.92 Å². The Morgan fingerprint density at radius 3 is 2.92 bits per heavy atom. The monoisotopic (exact) mass is 252 g/mol. The molecule has 0 saturated heterocycles. The lowest BCUT2D eigenvalue weighted by molar-refractivity contribution is 1.35. The molecule has 2 heterocycles. The van der Waals surface area contributed by atoms with Crippen molar-refractivity contribution in [2.45, 2.75) is 0 Å². The molecule has 0 fully saturated rings. The molecule has 0 atom stereocenters. The first kappa shape index (κ1) is 8.54. The second-order valence-corrected chi connectivity index (χ2v) is 4.36. The molecule has 0 aromatic carbocycles. The quantitative estimate of drug-likeness (QED) is 0.733. The van der Waals surface area contributed by atoms with Gasteiger partial charge in [0, 0.05) is 17.8 Å². The Balaban J connectivity index is 2.94. The van der Waals surface area contributed by atoms with Gasteiger partial charge in [-0.05, 0) is 15.9 Å². The first-order valence-corrected chi connectivity index (χ1v) is 5.13. The number of terminal acetylenes is 1. The summed E-state index contributed by atoms with van der Waals surface area (Å²) in [5.41, 5.74) is 6.47. The molecule has 0 amide bonds. The van der Waals surface area contributed by atoms with Crippen LogP contribution < -0.4 is 5.73 Å². The number of rotatable bonds is 0. The number of nitrogens with zero attached hydrogens (tertiary/aromatic N) is 1. The molecule has 2 nitrogen and oxygen atoms in total. The van der Waals surface area contributed by atoms with Crippen molar-refractivity contribution in [2.75, 3.05) is 5.73 Å². The first-order valence-electron chi connectivity index (χ1n) is 3.52. The van der Waals surface area contributed by atoms with E-state index in [1.165, 1.54) is 11.3 Å². The largest absolute Gasteiger partial charge is 0.396 e. The highest BCUT2D eigenvalue weighted by atomic mass is 79.9. The summed E-state index contributed by atoms with van der Waals surface area (Å²) in [5, 5.41) is 0.923. The van der Waals surface area contributed by atoms with E-state index in [2.05, 4.69) is 26.8 Å². The maximum Gasteiger partial charge on any atom is 0.101 e. The molecule has 2 aromatic rings. The predicted molar refractivity (Wildman–Crippen MR) is 59.7 cm³/mol. The van der Waals surface area contributed by atoms with Gasteiger partial charge in [0.25, 0.3) is 0 Å². The predicted octanol–water partition coefficient (Wildman–Crippen LogP) is 2.62. The summed E-state index contributed by atoms with van der Waals surface area (Å²) < 4.78 is 1.99. The molecule has 0 radical (unpaired) electrons. The zero-order valence-corrected chi connectivity index (χ0v) is 8.95. The normalized spacial score (nSPS) is 10.2. The number of fused-ring (bicyclic) bond motifs is 1. The first-order chi connectivity index (χ1) is 6.24. The van der Waals surface area contributed by atoms with Crippen molar-refractivity contribution in [3.63, 3.8) is 0 Å². The summed E-state index contributed by atoms with van der Waals surface area (Å²) in [6.45, 7) is 0. The number of pyridine rings is 1. The molecule has 0 aliphatic heterocycles. The Kier molecular flexibility index (Phi) is 1.98. The van der Waals surface area contributed by atoms with Crippen molar-refractivity contribution in [2.24, 2.45) is 0 Å². The van der Waals surface area contributed by atoms with E-state index < -0.39 is 0 Å². The summed E-state index contributed by atoms with van der Waals surface area (Å²) >= 11 is 4.90. The van der Waals surface area contributed by atoms with Crippen LogP contribution in [-0.2, 0) is 0 Å². The van der Waals surface area contributed by atoms with Gasteiger partial charge in [0.2, 0.25) is 0 Å². The zero-order chi connectivity index (χ0) is 9.42. The lowest BCUT2D eigenvalue weighted by Gasteiger charge is -1.91. The SMILES string of the molecule is C#Cc1sc2c(Br)cncc2c1N. The van der Waals surface area contributed by atoms with Crippen molar-refractivity contribution >= 4 is 43.0 Å². The van der Waals surface area contributed by atoms with Crippen molar-refractivity contribution in [3.05, 3.63) is 21.7 Å². The molecule has 64 valence electrons. The van der Waals surface area contributed by atoms with Gasteiger partial charge in [-0.2, -0.15) is 0 Å². The van der Waals surface area contributed by atoms with Crippen LogP contribution in [0, 0.1) is 12.3 Å². The van der Waals surface area contributed by atoms with Crippen LogP contribution in [0.15, 0.2) is 16.9 Å². The van der Waals surface area contributed by atoms with E-state index in [1.54, 1.807) is 12.4 Å². The lowest BCUT2D eigenvalue weighted by Crippen LogP contribution is -1.84. The van der Waals surface area contributed by atoms with Gasteiger partial charge in [-0.3, -0.25) is 4.98 Å². The van der Waals surface area contributed by atoms with Gasteiger partial charge >= 0.3 is 0 Å². The molecule has 0 saturated carbocycles. The van der Waals surface area contributed by atoms with E-state index in [-0.39, 0.29) is 0 Å². The molecule has 0 aliphatic carbocycles. The average Bonchev–Trinajstić information content (AvgIpc) is 2.45. The third-order valence-corrected chi connectivity index (χ3v) is 3.77. The van der Waals surface area contributed by atoms with Gasteiger partial charge in [-0.15, -0.1) is 17.8 Å². The van der Waals surface area contributed by atoms with Crippen LogP contribution in [0.5, 0.6) is 0 Å². The zero-order valence-electron chi connectivity index (χ0n) is 6.54. The Morgan fingerprint density at radius 1 is 1.54 bits per heavy atom. The van der Waals surface area contributed by atoms with E-state index >= 15 is 0 Å². The van der Waals surface area contributed by atoms with Crippen LogP contribution in [0.4, 0.5) is 5.69 Å². The summed E-state index contributed by atoms with van der Waals surface area (Å²) in [7, 11) is 0. The minimum atomic E-state index is 0.649. The standard InChI is InChI=1S/C9H5BrN2S/c1-2-7-8(11)5-3-12-4-6(10)9(5)13-7/h1,3-4H,11H2.